The van der Waals surface area contributed by atoms with E-state index in [-0.39, 0.29) is 12.3 Å². The fourth-order valence-corrected chi connectivity index (χ4v) is 2.08. The minimum atomic E-state index is -3.23. The maximum absolute atomic E-state index is 11.5. The first kappa shape index (κ1) is 13.0. The van der Waals surface area contributed by atoms with Crippen LogP contribution in [0.5, 0.6) is 0 Å². The highest BCUT2D eigenvalue weighted by Crippen LogP contribution is 1.95. The fraction of sp³-hybridized carbons (Fsp3) is 0.556. The molecular formula is C9H16N4O2S. The third-order valence-electron chi connectivity index (χ3n) is 1.93. The Morgan fingerprint density at radius 1 is 1.44 bits per heavy atom. The van der Waals surface area contributed by atoms with Gasteiger partial charge in [-0.2, -0.15) is 0 Å². The van der Waals surface area contributed by atoms with Crippen LogP contribution in [0.2, 0.25) is 0 Å². The number of hydrogen-bond acceptors (Lipinski definition) is 5. The van der Waals surface area contributed by atoms with E-state index in [0.717, 1.165) is 0 Å². The zero-order valence-corrected chi connectivity index (χ0v) is 10.2. The third kappa shape index (κ3) is 4.65. The van der Waals surface area contributed by atoms with Gasteiger partial charge in [-0.1, -0.05) is 0 Å². The van der Waals surface area contributed by atoms with E-state index in [9.17, 15) is 8.42 Å². The third-order valence-corrected chi connectivity index (χ3v) is 3.25. The molecule has 0 aromatic carbocycles. The molecule has 1 aromatic rings. The molecule has 7 heteroatoms. The van der Waals surface area contributed by atoms with Crippen LogP contribution in [0.4, 0.5) is 0 Å². The molecule has 0 unspecified atom stereocenters. The minimum Gasteiger partial charge on any atom is -0.319 e. The van der Waals surface area contributed by atoms with Crippen molar-refractivity contribution in [1.29, 1.82) is 0 Å². The van der Waals surface area contributed by atoms with Crippen molar-refractivity contribution < 1.29 is 8.42 Å². The van der Waals surface area contributed by atoms with Crippen LogP contribution in [0.25, 0.3) is 0 Å². The zero-order chi connectivity index (χ0) is 12.0. The maximum Gasteiger partial charge on any atom is 0.213 e. The molecule has 0 saturated heterocycles. The first-order chi connectivity index (χ1) is 7.53. The molecule has 90 valence electrons. The van der Waals surface area contributed by atoms with Gasteiger partial charge >= 0.3 is 0 Å². The average molecular weight is 244 g/mol. The molecular weight excluding hydrogens is 228 g/mol. The number of rotatable bonds is 6. The van der Waals surface area contributed by atoms with Gasteiger partial charge in [-0.25, -0.2) is 23.1 Å². The molecule has 1 aromatic heterocycles. The second-order valence-corrected chi connectivity index (χ2v) is 5.27. The van der Waals surface area contributed by atoms with Crippen molar-refractivity contribution >= 4 is 10.0 Å². The Kier molecular flexibility index (Phi) is 4.78. The Balaban J connectivity index is 2.51. The standard InChI is InChI=1S/C9H16N4O2S/c1-8-11-4-3-9(13-8)7-12-16(14,15)6-5-10-2/h3-4,10,12H,5-7H2,1-2H3. The van der Waals surface area contributed by atoms with Crippen LogP contribution in [0.3, 0.4) is 0 Å². The summed E-state index contributed by atoms with van der Waals surface area (Å²) in [6.45, 7) is 2.40. The molecule has 1 rings (SSSR count). The number of sulfonamides is 1. The first-order valence-electron chi connectivity index (χ1n) is 4.94. The molecule has 0 bridgehead atoms. The van der Waals surface area contributed by atoms with Crippen LogP contribution in [-0.4, -0.2) is 37.7 Å². The highest BCUT2D eigenvalue weighted by molar-refractivity contribution is 7.89. The number of hydrogen-bond donors (Lipinski definition) is 2. The van der Waals surface area contributed by atoms with Crippen LogP contribution in [0.15, 0.2) is 12.3 Å². The van der Waals surface area contributed by atoms with Gasteiger partial charge in [0.2, 0.25) is 10.0 Å². The van der Waals surface area contributed by atoms with Crippen LogP contribution >= 0.6 is 0 Å². The van der Waals surface area contributed by atoms with Gasteiger partial charge in [0.1, 0.15) is 5.82 Å². The van der Waals surface area contributed by atoms with Gasteiger partial charge in [-0.3, -0.25) is 0 Å². The summed E-state index contributed by atoms with van der Waals surface area (Å²) >= 11 is 0. The molecule has 2 N–H and O–H groups in total. The molecule has 6 nitrogen and oxygen atoms in total. The quantitative estimate of drug-likeness (QED) is 0.699. The Morgan fingerprint density at radius 3 is 2.81 bits per heavy atom. The summed E-state index contributed by atoms with van der Waals surface area (Å²) in [6, 6.07) is 1.69. The first-order valence-corrected chi connectivity index (χ1v) is 6.59. The van der Waals surface area contributed by atoms with Gasteiger partial charge in [0.05, 0.1) is 18.0 Å². The van der Waals surface area contributed by atoms with Gasteiger partial charge in [-0.15, -0.1) is 0 Å². The van der Waals surface area contributed by atoms with E-state index in [2.05, 4.69) is 20.0 Å². The van der Waals surface area contributed by atoms with Gasteiger partial charge in [0.15, 0.2) is 0 Å². The lowest BCUT2D eigenvalue weighted by Crippen LogP contribution is -2.30. The summed E-state index contributed by atoms with van der Waals surface area (Å²) in [5.74, 6) is 0.694. The van der Waals surface area contributed by atoms with E-state index < -0.39 is 10.0 Å². The van der Waals surface area contributed by atoms with Crippen molar-refractivity contribution in [2.75, 3.05) is 19.3 Å². The van der Waals surface area contributed by atoms with Crippen molar-refractivity contribution in [2.45, 2.75) is 13.5 Å². The second-order valence-electron chi connectivity index (χ2n) is 3.34. The van der Waals surface area contributed by atoms with Crippen molar-refractivity contribution in [3.05, 3.63) is 23.8 Å². The average Bonchev–Trinajstić information content (AvgIpc) is 2.24. The van der Waals surface area contributed by atoms with Crippen LogP contribution in [0.1, 0.15) is 11.5 Å². The van der Waals surface area contributed by atoms with E-state index in [0.29, 0.717) is 18.1 Å². The predicted octanol–water partition coefficient (Wildman–Crippen LogP) is -0.576. The topological polar surface area (TPSA) is 84.0 Å². The summed E-state index contributed by atoms with van der Waals surface area (Å²) in [6.07, 6.45) is 1.61. The number of aryl methyl sites for hydroxylation is 1. The zero-order valence-electron chi connectivity index (χ0n) is 9.40. The molecule has 0 atom stereocenters. The molecule has 0 spiro atoms. The van der Waals surface area contributed by atoms with Crippen molar-refractivity contribution in [3.8, 4) is 0 Å². The Morgan fingerprint density at radius 2 is 2.19 bits per heavy atom. The smallest absolute Gasteiger partial charge is 0.213 e. The highest BCUT2D eigenvalue weighted by atomic mass is 32.2. The predicted molar refractivity (Wildman–Crippen MR) is 61.3 cm³/mol. The molecule has 0 saturated carbocycles. The molecule has 16 heavy (non-hydrogen) atoms. The van der Waals surface area contributed by atoms with Gasteiger partial charge < -0.3 is 5.32 Å². The van der Waals surface area contributed by atoms with Crippen molar-refractivity contribution in [2.24, 2.45) is 0 Å². The second kappa shape index (κ2) is 5.88. The van der Waals surface area contributed by atoms with Crippen LogP contribution < -0.4 is 10.0 Å². The Labute approximate surface area is 95.6 Å². The van der Waals surface area contributed by atoms with Crippen LogP contribution in [-0.2, 0) is 16.6 Å². The van der Waals surface area contributed by atoms with Gasteiger partial charge in [0, 0.05) is 12.7 Å². The summed E-state index contributed by atoms with van der Waals surface area (Å²) in [5, 5.41) is 2.79. The number of aromatic nitrogens is 2. The minimum absolute atomic E-state index is 0.0631. The summed E-state index contributed by atoms with van der Waals surface area (Å²) in [5.41, 5.74) is 0.667. The van der Waals surface area contributed by atoms with Crippen molar-refractivity contribution in [3.63, 3.8) is 0 Å². The van der Waals surface area contributed by atoms with E-state index in [1.807, 2.05) is 0 Å². The fourth-order valence-electron chi connectivity index (χ4n) is 1.10. The van der Waals surface area contributed by atoms with E-state index >= 15 is 0 Å². The highest BCUT2D eigenvalue weighted by Gasteiger charge is 2.09. The van der Waals surface area contributed by atoms with Gasteiger partial charge in [-0.05, 0) is 20.0 Å². The molecule has 1 heterocycles. The maximum atomic E-state index is 11.5. The Bertz CT molecular complexity index is 433. The lowest BCUT2D eigenvalue weighted by atomic mass is 10.4. The van der Waals surface area contributed by atoms with E-state index in [1.54, 1.807) is 26.2 Å². The molecule has 0 aliphatic heterocycles. The molecule has 0 amide bonds. The summed E-state index contributed by atoms with van der Waals surface area (Å²) in [7, 11) is -1.52. The van der Waals surface area contributed by atoms with Crippen molar-refractivity contribution in [1.82, 2.24) is 20.0 Å². The number of nitrogens with one attached hydrogen (secondary N) is 2. The molecule has 0 aliphatic rings. The van der Waals surface area contributed by atoms with E-state index in [4.69, 9.17) is 0 Å². The monoisotopic (exact) mass is 244 g/mol. The Hall–Kier alpha value is -1.05. The normalized spacial score (nSPS) is 11.6. The lowest BCUT2D eigenvalue weighted by molar-refractivity contribution is 0.578. The van der Waals surface area contributed by atoms with Crippen LogP contribution in [0, 0.1) is 6.92 Å². The SMILES string of the molecule is CNCCS(=O)(=O)NCc1ccnc(C)n1. The summed E-state index contributed by atoms with van der Waals surface area (Å²) < 4.78 is 25.4. The molecule has 0 aliphatic carbocycles. The number of nitrogens with zero attached hydrogens (tertiary/aromatic N) is 2. The summed E-state index contributed by atoms with van der Waals surface area (Å²) in [4.78, 5) is 8.04. The van der Waals surface area contributed by atoms with Gasteiger partial charge in [0.25, 0.3) is 0 Å². The molecule has 0 radical (unpaired) electrons. The molecule has 0 fully saturated rings. The lowest BCUT2D eigenvalue weighted by Gasteiger charge is -2.06. The largest absolute Gasteiger partial charge is 0.319 e. The van der Waals surface area contributed by atoms with E-state index in [1.165, 1.54) is 0 Å².